The first-order valence-corrected chi connectivity index (χ1v) is 14.2. The maximum atomic E-state index is 13.4. The van der Waals surface area contributed by atoms with Gasteiger partial charge in [0.05, 0.1) is 0 Å². The fourth-order valence-electron chi connectivity index (χ4n) is 6.12. The number of piperidine rings is 2. The maximum Gasteiger partial charge on any atom is 0.413 e. The van der Waals surface area contributed by atoms with Crippen LogP contribution in [0.4, 0.5) is 10.6 Å². The van der Waals surface area contributed by atoms with E-state index in [0.29, 0.717) is 17.6 Å². The number of para-hydroxylation sites is 1. The molecule has 8 heteroatoms. The van der Waals surface area contributed by atoms with Gasteiger partial charge in [-0.15, -0.1) is 0 Å². The number of fused-ring (bicyclic) bond motifs is 1. The van der Waals surface area contributed by atoms with E-state index in [2.05, 4.69) is 56.3 Å². The number of aromatic nitrogens is 2. The minimum atomic E-state index is -0.560. The molecule has 0 unspecified atom stereocenters. The Kier molecular flexibility index (Phi) is 7.93. The first kappa shape index (κ1) is 27.2. The number of aromatic amines is 1. The molecule has 2 aliphatic heterocycles. The lowest BCUT2D eigenvalue weighted by atomic mass is 9.86. The van der Waals surface area contributed by atoms with E-state index < -0.39 is 11.7 Å². The zero-order valence-corrected chi connectivity index (χ0v) is 23.6. The Balaban J connectivity index is 1.09. The molecule has 5 rings (SSSR count). The van der Waals surface area contributed by atoms with Crippen molar-refractivity contribution in [3.63, 3.8) is 0 Å². The number of hydrogen-bond acceptors (Lipinski definition) is 5. The molecule has 2 N–H and O–H groups in total. The standard InChI is InChI=1S/C31H41N5O3/c1-21-28(25-7-5-6-8-26(25)33-21)23-12-17-36(18-13-23)29(37)24-10-15-35(16-11-24)20-22-9-14-32-27(19-22)34-30(38)39-31(2,3)4/h5-9,14,19,23-24,33H,10-13,15-18,20H2,1-4H3,(H,32,34,38). The maximum absolute atomic E-state index is 13.4. The van der Waals surface area contributed by atoms with E-state index in [9.17, 15) is 9.59 Å². The summed E-state index contributed by atoms with van der Waals surface area (Å²) in [5.41, 5.74) is 4.42. The summed E-state index contributed by atoms with van der Waals surface area (Å²) in [7, 11) is 0. The number of nitrogens with one attached hydrogen (secondary N) is 2. The molecule has 208 valence electrons. The van der Waals surface area contributed by atoms with Crippen molar-refractivity contribution >= 4 is 28.7 Å². The molecule has 4 heterocycles. The number of aryl methyl sites for hydroxylation is 1. The number of pyridine rings is 1. The Morgan fingerprint density at radius 3 is 2.49 bits per heavy atom. The van der Waals surface area contributed by atoms with E-state index in [1.54, 1.807) is 6.20 Å². The summed E-state index contributed by atoms with van der Waals surface area (Å²) in [6, 6.07) is 12.4. The average molecular weight is 532 g/mol. The molecule has 0 radical (unpaired) electrons. The van der Waals surface area contributed by atoms with Crippen LogP contribution in [0.1, 0.15) is 69.2 Å². The van der Waals surface area contributed by atoms with Crippen LogP contribution >= 0.6 is 0 Å². The molecule has 8 nitrogen and oxygen atoms in total. The molecule has 2 aliphatic rings. The molecule has 3 aromatic rings. The molecular formula is C31H41N5O3. The molecule has 0 atom stereocenters. The molecule has 0 bridgehead atoms. The van der Waals surface area contributed by atoms with Crippen LogP contribution in [0.5, 0.6) is 0 Å². The van der Waals surface area contributed by atoms with Crippen molar-refractivity contribution in [3.8, 4) is 0 Å². The molecule has 0 spiro atoms. The Labute approximate surface area is 231 Å². The van der Waals surface area contributed by atoms with Crippen LogP contribution in [0.15, 0.2) is 42.6 Å². The van der Waals surface area contributed by atoms with Gasteiger partial charge >= 0.3 is 6.09 Å². The van der Waals surface area contributed by atoms with Crippen LogP contribution in [-0.4, -0.2) is 63.5 Å². The highest BCUT2D eigenvalue weighted by atomic mass is 16.6. The van der Waals surface area contributed by atoms with Gasteiger partial charge < -0.3 is 14.6 Å². The number of amides is 2. The van der Waals surface area contributed by atoms with Gasteiger partial charge in [0.2, 0.25) is 5.91 Å². The summed E-state index contributed by atoms with van der Waals surface area (Å²) in [6.07, 6.45) is 5.01. The summed E-state index contributed by atoms with van der Waals surface area (Å²) in [5.74, 6) is 1.42. The number of hydrogen-bond donors (Lipinski definition) is 2. The minimum Gasteiger partial charge on any atom is -0.444 e. The van der Waals surface area contributed by atoms with E-state index in [4.69, 9.17) is 4.74 Å². The molecule has 39 heavy (non-hydrogen) atoms. The van der Waals surface area contributed by atoms with Gasteiger partial charge in [0.1, 0.15) is 11.4 Å². The topological polar surface area (TPSA) is 90.6 Å². The number of likely N-dealkylation sites (tertiary alicyclic amines) is 2. The predicted octanol–water partition coefficient (Wildman–Crippen LogP) is 5.84. The quantitative estimate of drug-likeness (QED) is 0.432. The Morgan fingerprint density at radius 2 is 1.77 bits per heavy atom. The second-order valence-corrected chi connectivity index (χ2v) is 12.0. The van der Waals surface area contributed by atoms with E-state index in [0.717, 1.165) is 64.0 Å². The number of ether oxygens (including phenoxy) is 1. The van der Waals surface area contributed by atoms with E-state index in [-0.39, 0.29) is 5.92 Å². The third-order valence-corrected chi connectivity index (χ3v) is 7.95. The SMILES string of the molecule is Cc1[nH]c2ccccc2c1C1CCN(C(=O)C2CCN(Cc3ccnc(NC(=O)OC(C)(C)C)c3)CC2)CC1. The Bertz CT molecular complexity index is 1310. The molecule has 0 saturated carbocycles. The van der Waals surface area contributed by atoms with Gasteiger partial charge in [0.15, 0.2) is 0 Å². The van der Waals surface area contributed by atoms with Gasteiger partial charge in [-0.1, -0.05) is 18.2 Å². The summed E-state index contributed by atoms with van der Waals surface area (Å²) >= 11 is 0. The zero-order chi connectivity index (χ0) is 27.6. The number of H-pyrrole nitrogens is 1. The Morgan fingerprint density at radius 1 is 1.05 bits per heavy atom. The van der Waals surface area contributed by atoms with Gasteiger partial charge in [-0.25, -0.2) is 9.78 Å². The van der Waals surface area contributed by atoms with Crippen LogP contribution in [0.25, 0.3) is 10.9 Å². The Hall–Kier alpha value is -3.39. The molecule has 2 saturated heterocycles. The number of rotatable bonds is 5. The van der Waals surface area contributed by atoms with Crippen LogP contribution in [0.3, 0.4) is 0 Å². The third-order valence-electron chi connectivity index (χ3n) is 7.95. The van der Waals surface area contributed by atoms with Crippen molar-refractivity contribution in [2.45, 2.75) is 71.4 Å². The van der Waals surface area contributed by atoms with Gasteiger partial charge in [-0.05, 0) is 102 Å². The lowest BCUT2D eigenvalue weighted by Gasteiger charge is -2.37. The van der Waals surface area contributed by atoms with E-state index in [1.807, 2.05) is 32.9 Å². The van der Waals surface area contributed by atoms with Crippen LogP contribution < -0.4 is 5.32 Å². The monoisotopic (exact) mass is 531 g/mol. The van der Waals surface area contributed by atoms with Crippen LogP contribution in [-0.2, 0) is 16.1 Å². The van der Waals surface area contributed by atoms with Crippen LogP contribution in [0.2, 0.25) is 0 Å². The van der Waals surface area contributed by atoms with Crippen molar-refractivity contribution in [2.24, 2.45) is 5.92 Å². The number of anilines is 1. The minimum absolute atomic E-state index is 0.106. The summed E-state index contributed by atoms with van der Waals surface area (Å²) < 4.78 is 5.32. The zero-order valence-electron chi connectivity index (χ0n) is 23.6. The van der Waals surface area contributed by atoms with Crippen molar-refractivity contribution in [1.82, 2.24) is 19.8 Å². The summed E-state index contributed by atoms with van der Waals surface area (Å²) in [5, 5.41) is 4.04. The highest BCUT2D eigenvalue weighted by Gasteiger charge is 2.32. The van der Waals surface area contributed by atoms with Gasteiger partial charge in [0, 0.05) is 48.3 Å². The van der Waals surface area contributed by atoms with Gasteiger partial charge in [-0.3, -0.25) is 15.0 Å². The molecule has 1 aromatic carbocycles. The smallest absolute Gasteiger partial charge is 0.413 e. The van der Waals surface area contributed by atoms with Crippen molar-refractivity contribution < 1.29 is 14.3 Å². The van der Waals surface area contributed by atoms with Crippen molar-refractivity contribution in [1.29, 1.82) is 0 Å². The summed E-state index contributed by atoms with van der Waals surface area (Å²) in [4.78, 5) is 37.7. The second-order valence-electron chi connectivity index (χ2n) is 12.0. The largest absolute Gasteiger partial charge is 0.444 e. The van der Waals surface area contributed by atoms with Gasteiger partial charge in [0.25, 0.3) is 0 Å². The fourth-order valence-corrected chi connectivity index (χ4v) is 6.12. The van der Waals surface area contributed by atoms with Crippen molar-refractivity contribution in [3.05, 3.63) is 59.4 Å². The van der Waals surface area contributed by atoms with E-state index in [1.165, 1.54) is 22.2 Å². The number of nitrogens with zero attached hydrogens (tertiary/aromatic N) is 3. The number of carbonyl (C=O) groups is 2. The highest BCUT2D eigenvalue weighted by molar-refractivity contribution is 5.85. The lowest BCUT2D eigenvalue weighted by Crippen LogP contribution is -2.45. The first-order chi connectivity index (χ1) is 18.7. The highest BCUT2D eigenvalue weighted by Crippen LogP contribution is 2.36. The molecule has 0 aliphatic carbocycles. The summed E-state index contributed by atoms with van der Waals surface area (Å²) in [6.45, 7) is 11.9. The first-order valence-electron chi connectivity index (χ1n) is 14.2. The second kappa shape index (κ2) is 11.4. The van der Waals surface area contributed by atoms with E-state index >= 15 is 0 Å². The fraction of sp³-hybridized carbons (Fsp3) is 0.516. The lowest BCUT2D eigenvalue weighted by molar-refractivity contribution is -0.138. The number of benzene rings is 1. The number of carbonyl (C=O) groups excluding carboxylic acids is 2. The normalized spacial score (nSPS) is 17.9. The molecule has 2 aromatic heterocycles. The van der Waals surface area contributed by atoms with Crippen molar-refractivity contribution in [2.75, 3.05) is 31.5 Å². The average Bonchev–Trinajstić information content (AvgIpc) is 3.23. The third kappa shape index (κ3) is 6.61. The predicted molar refractivity (Wildman–Crippen MR) is 154 cm³/mol. The van der Waals surface area contributed by atoms with Gasteiger partial charge in [-0.2, -0.15) is 0 Å². The molecule has 2 amide bonds. The van der Waals surface area contributed by atoms with Crippen LogP contribution in [0, 0.1) is 12.8 Å². The molecule has 2 fully saturated rings. The molecular weight excluding hydrogens is 490 g/mol.